The van der Waals surface area contributed by atoms with E-state index < -0.39 is 0 Å². The summed E-state index contributed by atoms with van der Waals surface area (Å²) in [5.74, 6) is 0.483. The highest BCUT2D eigenvalue weighted by atomic mass is 16.1. The van der Waals surface area contributed by atoms with Crippen LogP contribution in [0.15, 0.2) is 18.3 Å². The minimum absolute atomic E-state index is 0.0324. The van der Waals surface area contributed by atoms with Crippen molar-refractivity contribution in [2.75, 3.05) is 17.6 Å². The largest absolute Gasteiger partial charge is 0.382 e. The summed E-state index contributed by atoms with van der Waals surface area (Å²) >= 11 is 0. The normalized spacial score (nSPS) is 10.2. The van der Waals surface area contributed by atoms with Gasteiger partial charge in [-0.3, -0.25) is 4.79 Å². The lowest BCUT2D eigenvalue weighted by atomic mass is 10.3. The molecule has 0 atom stereocenters. The third kappa shape index (κ3) is 4.16. The van der Waals surface area contributed by atoms with Gasteiger partial charge >= 0.3 is 0 Å². The zero-order valence-electron chi connectivity index (χ0n) is 9.66. The lowest BCUT2D eigenvalue weighted by Gasteiger charge is -2.10. The Morgan fingerprint density at radius 2 is 2.31 bits per heavy atom. The van der Waals surface area contributed by atoms with Crippen LogP contribution in [0.3, 0.4) is 0 Å². The number of rotatable bonds is 5. The van der Waals surface area contributed by atoms with Gasteiger partial charge in [0.25, 0.3) is 0 Å². The second kappa shape index (κ2) is 5.95. The van der Waals surface area contributed by atoms with Gasteiger partial charge in [-0.25, -0.2) is 4.98 Å². The number of nitrogens with two attached hydrogens (primary N) is 1. The van der Waals surface area contributed by atoms with Gasteiger partial charge in [-0.2, -0.15) is 0 Å². The van der Waals surface area contributed by atoms with E-state index in [-0.39, 0.29) is 11.9 Å². The van der Waals surface area contributed by atoms with Crippen LogP contribution in [0.1, 0.15) is 20.3 Å². The average Bonchev–Trinajstić information content (AvgIpc) is 2.19. The predicted octanol–water partition coefficient (Wildman–Crippen LogP) is 0.990. The van der Waals surface area contributed by atoms with Crippen molar-refractivity contribution in [3.63, 3.8) is 0 Å². The number of aromatic nitrogens is 1. The molecule has 1 heterocycles. The van der Waals surface area contributed by atoms with E-state index in [1.54, 1.807) is 12.3 Å². The van der Waals surface area contributed by atoms with E-state index in [2.05, 4.69) is 15.6 Å². The molecule has 0 saturated heterocycles. The first-order valence-electron chi connectivity index (χ1n) is 5.33. The van der Waals surface area contributed by atoms with Gasteiger partial charge in [0.05, 0.1) is 5.69 Å². The van der Waals surface area contributed by atoms with Gasteiger partial charge in [-0.05, 0) is 26.0 Å². The molecule has 0 aliphatic carbocycles. The number of nitrogen functional groups attached to an aromatic ring is 1. The predicted molar refractivity (Wildman–Crippen MR) is 65.0 cm³/mol. The molecule has 0 bridgehead atoms. The second-order valence-corrected chi connectivity index (χ2v) is 3.84. The van der Waals surface area contributed by atoms with E-state index in [9.17, 15) is 4.79 Å². The maximum absolute atomic E-state index is 11.3. The third-order valence-corrected chi connectivity index (χ3v) is 1.96. The summed E-state index contributed by atoms with van der Waals surface area (Å²) in [4.78, 5) is 15.3. The highest BCUT2D eigenvalue weighted by Crippen LogP contribution is 2.12. The molecule has 5 heteroatoms. The minimum Gasteiger partial charge on any atom is -0.382 e. The summed E-state index contributed by atoms with van der Waals surface area (Å²) in [6.45, 7) is 4.42. The van der Waals surface area contributed by atoms with Crippen LogP contribution in [-0.2, 0) is 4.79 Å². The van der Waals surface area contributed by atoms with Crippen LogP contribution in [0.2, 0.25) is 0 Å². The van der Waals surface area contributed by atoms with E-state index in [1.165, 1.54) is 0 Å². The van der Waals surface area contributed by atoms with Crippen LogP contribution in [0, 0.1) is 0 Å². The molecule has 1 aromatic rings. The van der Waals surface area contributed by atoms with E-state index in [0.717, 1.165) is 5.69 Å². The number of anilines is 2. The monoisotopic (exact) mass is 222 g/mol. The smallest absolute Gasteiger partial charge is 0.221 e. The highest BCUT2D eigenvalue weighted by Gasteiger charge is 2.03. The van der Waals surface area contributed by atoms with Crippen LogP contribution in [0.25, 0.3) is 0 Å². The van der Waals surface area contributed by atoms with Crippen molar-refractivity contribution in [3.05, 3.63) is 18.3 Å². The summed E-state index contributed by atoms with van der Waals surface area (Å²) in [6.07, 6.45) is 2.05. The van der Waals surface area contributed by atoms with E-state index in [4.69, 9.17) is 5.73 Å². The number of hydrogen-bond acceptors (Lipinski definition) is 4. The molecule has 0 saturated carbocycles. The van der Waals surface area contributed by atoms with Crippen molar-refractivity contribution in [1.29, 1.82) is 0 Å². The minimum atomic E-state index is 0.0324. The summed E-state index contributed by atoms with van der Waals surface area (Å²) in [5.41, 5.74) is 6.41. The molecule has 0 fully saturated rings. The van der Waals surface area contributed by atoms with Gasteiger partial charge in [-0.15, -0.1) is 0 Å². The van der Waals surface area contributed by atoms with Crippen molar-refractivity contribution >= 4 is 17.4 Å². The maximum Gasteiger partial charge on any atom is 0.221 e. The highest BCUT2D eigenvalue weighted by molar-refractivity contribution is 5.76. The molecule has 1 rings (SSSR count). The van der Waals surface area contributed by atoms with Crippen LogP contribution in [0.5, 0.6) is 0 Å². The SMILES string of the molecule is CC(C)NC(=O)CCNc1cccnc1N. The van der Waals surface area contributed by atoms with Crippen LogP contribution in [-0.4, -0.2) is 23.5 Å². The fourth-order valence-corrected chi connectivity index (χ4v) is 1.27. The third-order valence-electron chi connectivity index (χ3n) is 1.96. The van der Waals surface area contributed by atoms with Gasteiger partial charge in [-0.1, -0.05) is 0 Å². The number of carbonyl (C=O) groups is 1. The standard InChI is InChI=1S/C11H18N4O/c1-8(2)15-10(16)5-7-13-9-4-3-6-14-11(9)12/h3-4,6,8,13H,5,7H2,1-2H3,(H2,12,14)(H,15,16). The van der Waals surface area contributed by atoms with E-state index >= 15 is 0 Å². The Labute approximate surface area is 95.4 Å². The number of amides is 1. The first kappa shape index (κ1) is 12.3. The number of nitrogens with one attached hydrogen (secondary N) is 2. The average molecular weight is 222 g/mol. The van der Waals surface area contributed by atoms with Crippen molar-refractivity contribution < 1.29 is 4.79 Å². The number of carbonyl (C=O) groups excluding carboxylic acids is 1. The van der Waals surface area contributed by atoms with Gasteiger partial charge in [0, 0.05) is 25.2 Å². The Morgan fingerprint density at radius 3 is 2.94 bits per heavy atom. The Morgan fingerprint density at radius 1 is 1.56 bits per heavy atom. The first-order valence-corrected chi connectivity index (χ1v) is 5.33. The van der Waals surface area contributed by atoms with Gasteiger partial charge in [0.2, 0.25) is 5.91 Å². The van der Waals surface area contributed by atoms with Crippen molar-refractivity contribution in [2.45, 2.75) is 26.3 Å². The molecule has 88 valence electrons. The molecular weight excluding hydrogens is 204 g/mol. The van der Waals surface area contributed by atoms with Gasteiger partial charge < -0.3 is 16.4 Å². The van der Waals surface area contributed by atoms with Crippen molar-refractivity contribution in [3.8, 4) is 0 Å². The van der Waals surface area contributed by atoms with Crippen LogP contribution in [0.4, 0.5) is 11.5 Å². The van der Waals surface area contributed by atoms with Crippen molar-refractivity contribution in [1.82, 2.24) is 10.3 Å². The number of pyridine rings is 1. The molecule has 0 aliphatic heterocycles. The summed E-state index contributed by atoms with van der Waals surface area (Å²) in [5, 5.41) is 5.89. The topological polar surface area (TPSA) is 80.0 Å². The molecule has 5 nitrogen and oxygen atoms in total. The maximum atomic E-state index is 11.3. The quantitative estimate of drug-likeness (QED) is 0.694. The Kier molecular flexibility index (Phi) is 4.57. The van der Waals surface area contributed by atoms with Crippen LogP contribution >= 0.6 is 0 Å². The number of hydrogen-bond donors (Lipinski definition) is 3. The Bertz CT molecular complexity index is 352. The summed E-state index contributed by atoms with van der Waals surface area (Å²) in [6, 6.07) is 3.81. The zero-order valence-corrected chi connectivity index (χ0v) is 9.66. The molecule has 1 amide bonds. The molecule has 0 aromatic carbocycles. The molecule has 1 aromatic heterocycles. The fourth-order valence-electron chi connectivity index (χ4n) is 1.27. The molecule has 0 radical (unpaired) electrons. The Hall–Kier alpha value is -1.78. The molecule has 4 N–H and O–H groups in total. The molecule has 16 heavy (non-hydrogen) atoms. The Balaban J connectivity index is 2.31. The van der Waals surface area contributed by atoms with E-state index in [0.29, 0.717) is 18.8 Å². The number of nitrogens with zero attached hydrogens (tertiary/aromatic N) is 1. The molecule has 0 aliphatic rings. The van der Waals surface area contributed by atoms with Gasteiger partial charge in [0.15, 0.2) is 0 Å². The lowest BCUT2D eigenvalue weighted by molar-refractivity contribution is -0.121. The summed E-state index contributed by atoms with van der Waals surface area (Å²) < 4.78 is 0. The molecule has 0 spiro atoms. The first-order chi connectivity index (χ1) is 7.59. The van der Waals surface area contributed by atoms with Gasteiger partial charge in [0.1, 0.15) is 5.82 Å². The molecular formula is C11H18N4O. The summed E-state index contributed by atoms with van der Waals surface area (Å²) in [7, 11) is 0. The van der Waals surface area contributed by atoms with Crippen LogP contribution < -0.4 is 16.4 Å². The molecule has 0 unspecified atom stereocenters. The lowest BCUT2D eigenvalue weighted by Crippen LogP contribution is -2.31. The van der Waals surface area contributed by atoms with Crippen molar-refractivity contribution in [2.24, 2.45) is 0 Å². The zero-order chi connectivity index (χ0) is 12.0. The van der Waals surface area contributed by atoms with E-state index in [1.807, 2.05) is 19.9 Å². The fraction of sp³-hybridized carbons (Fsp3) is 0.455. The second-order valence-electron chi connectivity index (χ2n) is 3.84.